The van der Waals surface area contributed by atoms with Gasteiger partial charge in [0.05, 0.1) is 0 Å². The molecule has 0 aliphatic carbocycles. The Bertz CT molecular complexity index is 124. The molecule has 1 rings (SSSR count). The summed E-state index contributed by atoms with van der Waals surface area (Å²) in [5.74, 6) is -2.40. The topological polar surface area (TPSA) is 3.24 Å². The summed E-state index contributed by atoms with van der Waals surface area (Å²) in [5, 5.41) is 0. The standard InChI is InChI=1S/C8H15F2N/c1-7(2)11-5-3-8(9,10)4-6-11/h7H,3-6H2,1-2H3. The van der Waals surface area contributed by atoms with E-state index in [2.05, 4.69) is 4.90 Å². The van der Waals surface area contributed by atoms with E-state index in [0.29, 0.717) is 19.1 Å². The van der Waals surface area contributed by atoms with Crippen molar-refractivity contribution < 1.29 is 8.78 Å². The molecule has 0 radical (unpaired) electrons. The molecule has 0 bridgehead atoms. The van der Waals surface area contributed by atoms with E-state index >= 15 is 0 Å². The first-order valence-corrected chi connectivity index (χ1v) is 4.13. The summed E-state index contributed by atoms with van der Waals surface area (Å²) in [4.78, 5) is 2.09. The summed E-state index contributed by atoms with van der Waals surface area (Å²) in [5.41, 5.74) is 0. The number of likely N-dealkylation sites (tertiary alicyclic amines) is 1. The lowest BCUT2D eigenvalue weighted by atomic mass is 10.1. The maximum absolute atomic E-state index is 12.6. The summed E-state index contributed by atoms with van der Waals surface area (Å²) in [6, 6.07) is 0.408. The number of nitrogens with zero attached hydrogens (tertiary/aromatic N) is 1. The third-order valence-electron chi connectivity index (χ3n) is 2.26. The molecular formula is C8H15F2N. The van der Waals surface area contributed by atoms with E-state index in [-0.39, 0.29) is 12.8 Å². The number of rotatable bonds is 1. The Morgan fingerprint density at radius 3 is 2.00 bits per heavy atom. The monoisotopic (exact) mass is 163 g/mol. The van der Waals surface area contributed by atoms with Crippen molar-refractivity contribution in [2.45, 2.75) is 38.7 Å². The third kappa shape index (κ3) is 2.40. The fourth-order valence-corrected chi connectivity index (χ4v) is 1.37. The Morgan fingerprint density at radius 1 is 1.18 bits per heavy atom. The van der Waals surface area contributed by atoms with Gasteiger partial charge in [0.2, 0.25) is 0 Å². The Hall–Kier alpha value is -0.180. The van der Waals surface area contributed by atoms with E-state index in [4.69, 9.17) is 0 Å². The summed E-state index contributed by atoms with van der Waals surface area (Å²) in [6.45, 7) is 5.18. The molecule has 1 aliphatic rings. The summed E-state index contributed by atoms with van der Waals surface area (Å²) < 4.78 is 25.2. The second-order valence-corrected chi connectivity index (χ2v) is 3.49. The van der Waals surface area contributed by atoms with E-state index in [1.165, 1.54) is 0 Å². The summed E-state index contributed by atoms with van der Waals surface area (Å²) >= 11 is 0. The number of halogens is 2. The third-order valence-corrected chi connectivity index (χ3v) is 2.26. The Labute approximate surface area is 66.4 Å². The molecule has 0 aromatic rings. The van der Waals surface area contributed by atoms with Gasteiger partial charge < -0.3 is 4.90 Å². The number of hydrogen-bond acceptors (Lipinski definition) is 1. The van der Waals surface area contributed by atoms with Gasteiger partial charge in [0, 0.05) is 32.0 Å². The molecular weight excluding hydrogens is 148 g/mol. The quantitative estimate of drug-likeness (QED) is 0.572. The van der Waals surface area contributed by atoms with Crippen LogP contribution in [0.25, 0.3) is 0 Å². The van der Waals surface area contributed by atoms with E-state index in [0.717, 1.165) is 0 Å². The van der Waals surface area contributed by atoms with E-state index in [9.17, 15) is 8.78 Å². The minimum Gasteiger partial charge on any atom is -0.300 e. The largest absolute Gasteiger partial charge is 0.300 e. The predicted octanol–water partition coefficient (Wildman–Crippen LogP) is 2.13. The van der Waals surface area contributed by atoms with Gasteiger partial charge in [0.25, 0.3) is 5.92 Å². The van der Waals surface area contributed by atoms with Crippen molar-refractivity contribution in [2.75, 3.05) is 13.1 Å². The highest BCUT2D eigenvalue weighted by atomic mass is 19.3. The first kappa shape index (κ1) is 8.91. The fourth-order valence-electron chi connectivity index (χ4n) is 1.37. The van der Waals surface area contributed by atoms with Crippen LogP contribution < -0.4 is 0 Å². The predicted molar refractivity (Wildman–Crippen MR) is 40.9 cm³/mol. The zero-order valence-electron chi connectivity index (χ0n) is 7.11. The van der Waals surface area contributed by atoms with E-state index in [1.54, 1.807) is 0 Å². The van der Waals surface area contributed by atoms with Crippen LogP contribution >= 0.6 is 0 Å². The molecule has 0 unspecified atom stereocenters. The maximum atomic E-state index is 12.6. The van der Waals surface area contributed by atoms with Crippen LogP contribution in [0.4, 0.5) is 8.78 Å². The molecule has 11 heavy (non-hydrogen) atoms. The molecule has 0 spiro atoms. The van der Waals surface area contributed by atoms with Crippen LogP contribution in [0.1, 0.15) is 26.7 Å². The van der Waals surface area contributed by atoms with Crippen LogP contribution in [0.5, 0.6) is 0 Å². The minimum atomic E-state index is -2.40. The van der Waals surface area contributed by atoms with Gasteiger partial charge in [0.15, 0.2) is 0 Å². The van der Waals surface area contributed by atoms with Crippen LogP contribution in [0.15, 0.2) is 0 Å². The highest BCUT2D eigenvalue weighted by Gasteiger charge is 2.34. The Balaban J connectivity index is 2.36. The highest BCUT2D eigenvalue weighted by Crippen LogP contribution is 2.28. The van der Waals surface area contributed by atoms with Crippen molar-refractivity contribution in [3.05, 3.63) is 0 Å². The van der Waals surface area contributed by atoms with Gasteiger partial charge in [-0.15, -0.1) is 0 Å². The van der Waals surface area contributed by atoms with Crippen LogP contribution in [0, 0.1) is 0 Å². The normalized spacial score (nSPS) is 25.9. The second-order valence-electron chi connectivity index (χ2n) is 3.49. The molecule has 1 saturated heterocycles. The first-order valence-electron chi connectivity index (χ1n) is 4.13. The van der Waals surface area contributed by atoms with Gasteiger partial charge in [-0.2, -0.15) is 0 Å². The van der Waals surface area contributed by atoms with Crippen molar-refractivity contribution in [3.8, 4) is 0 Å². The lowest BCUT2D eigenvalue weighted by Crippen LogP contribution is -2.42. The molecule has 66 valence electrons. The zero-order valence-corrected chi connectivity index (χ0v) is 7.11. The molecule has 1 heterocycles. The molecule has 1 fully saturated rings. The van der Waals surface area contributed by atoms with Crippen molar-refractivity contribution in [3.63, 3.8) is 0 Å². The highest BCUT2D eigenvalue weighted by molar-refractivity contribution is 4.78. The average molecular weight is 163 g/mol. The summed E-state index contributed by atoms with van der Waals surface area (Å²) in [7, 11) is 0. The van der Waals surface area contributed by atoms with Crippen LogP contribution in [0.2, 0.25) is 0 Å². The summed E-state index contributed by atoms with van der Waals surface area (Å²) in [6.07, 6.45) is 0.0658. The smallest absolute Gasteiger partial charge is 0.250 e. The minimum absolute atomic E-state index is 0.0329. The van der Waals surface area contributed by atoms with Crippen LogP contribution in [-0.4, -0.2) is 30.0 Å². The van der Waals surface area contributed by atoms with Crippen LogP contribution in [-0.2, 0) is 0 Å². The fraction of sp³-hybridized carbons (Fsp3) is 1.00. The zero-order chi connectivity index (χ0) is 8.48. The van der Waals surface area contributed by atoms with Crippen molar-refractivity contribution in [1.29, 1.82) is 0 Å². The maximum Gasteiger partial charge on any atom is 0.250 e. The lowest BCUT2D eigenvalue weighted by Gasteiger charge is -2.34. The van der Waals surface area contributed by atoms with Gasteiger partial charge in [-0.05, 0) is 13.8 Å². The van der Waals surface area contributed by atoms with Gasteiger partial charge in [-0.3, -0.25) is 0 Å². The van der Waals surface area contributed by atoms with Crippen molar-refractivity contribution in [1.82, 2.24) is 4.90 Å². The molecule has 3 heteroatoms. The molecule has 0 aromatic carbocycles. The molecule has 1 nitrogen and oxygen atoms in total. The number of hydrogen-bond donors (Lipinski definition) is 0. The molecule has 0 amide bonds. The van der Waals surface area contributed by atoms with Crippen molar-refractivity contribution in [2.24, 2.45) is 0 Å². The molecule has 0 aromatic heterocycles. The Morgan fingerprint density at radius 2 is 1.64 bits per heavy atom. The van der Waals surface area contributed by atoms with Gasteiger partial charge in [0.1, 0.15) is 0 Å². The molecule has 1 aliphatic heterocycles. The molecule has 0 atom stereocenters. The van der Waals surface area contributed by atoms with Crippen molar-refractivity contribution >= 4 is 0 Å². The lowest BCUT2D eigenvalue weighted by molar-refractivity contribution is -0.0603. The molecule has 0 saturated carbocycles. The van der Waals surface area contributed by atoms with Gasteiger partial charge in [-0.25, -0.2) is 8.78 Å². The number of alkyl halides is 2. The second kappa shape index (κ2) is 3.05. The van der Waals surface area contributed by atoms with Crippen LogP contribution in [0.3, 0.4) is 0 Å². The number of piperidine rings is 1. The van der Waals surface area contributed by atoms with E-state index < -0.39 is 5.92 Å². The SMILES string of the molecule is CC(C)N1CCC(F)(F)CC1. The van der Waals surface area contributed by atoms with Gasteiger partial charge >= 0.3 is 0 Å². The van der Waals surface area contributed by atoms with E-state index in [1.807, 2.05) is 13.8 Å². The Kier molecular flexibility index (Phi) is 2.47. The average Bonchev–Trinajstić information content (AvgIpc) is 1.86. The first-order chi connectivity index (χ1) is 5.01. The van der Waals surface area contributed by atoms with Gasteiger partial charge in [-0.1, -0.05) is 0 Å². The molecule has 0 N–H and O–H groups in total.